The average molecular weight is 419 g/mol. The summed E-state index contributed by atoms with van der Waals surface area (Å²) in [4.78, 5) is 11.0. The highest BCUT2D eigenvalue weighted by Crippen LogP contribution is 2.40. The molecule has 4 nitrogen and oxygen atoms in total. The maximum atomic E-state index is 2.85. The van der Waals surface area contributed by atoms with Crippen molar-refractivity contribution in [3.05, 3.63) is 0 Å². The first-order valence-electron chi connectivity index (χ1n) is 13.4. The van der Waals surface area contributed by atoms with E-state index in [2.05, 4.69) is 47.3 Å². The molecular weight excluding hydrogens is 368 g/mol. The highest BCUT2D eigenvalue weighted by Gasteiger charge is 2.37. The van der Waals surface area contributed by atoms with E-state index >= 15 is 0 Å². The van der Waals surface area contributed by atoms with Gasteiger partial charge >= 0.3 is 0 Å². The fourth-order valence-corrected chi connectivity index (χ4v) is 7.10. The summed E-state index contributed by atoms with van der Waals surface area (Å²) in [7, 11) is 0. The molecule has 30 heavy (non-hydrogen) atoms. The lowest BCUT2D eigenvalue weighted by atomic mass is 9.72. The van der Waals surface area contributed by atoms with Crippen molar-refractivity contribution >= 4 is 0 Å². The lowest BCUT2D eigenvalue weighted by Gasteiger charge is -2.42. The summed E-state index contributed by atoms with van der Waals surface area (Å²) >= 11 is 0. The quantitative estimate of drug-likeness (QED) is 0.622. The largest absolute Gasteiger partial charge is 0.303 e. The van der Waals surface area contributed by atoms with Crippen molar-refractivity contribution in [3.8, 4) is 0 Å². The van der Waals surface area contributed by atoms with Gasteiger partial charge in [-0.05, 0) is 90.1 Å². The Labute approximate surface area is 187 Å². The minimum absolute atomic E-state index is 0.714. The summed E-state index contributed by atoms with van der Waals surface area (Å²) in [5.41, 5.74) is 0. The Morgan fingerprint density at radius 2 is 1.37 bits per heavy atom. The molecule has 3 aliphatic heterocycles. The summed E-state index contributed by atoms with van der Waals surface area (Å²) in [6.07, 6.45) is 8.88. The van der Waals surface area contributed by atoms with Gasteiger partial charge < -0.3 is 14.7 Å². The van der Waals surface area contributed by atoms with Crippen molar-refractivity contribution < 1.29 is 0 Å². The molecular formula is C26H50N4. The summed E-state index contributed by atoms with van der Waals surface area (Å²) in [5.74, 6) is 3.88. The summed E-state index contributed by atoms with van der Waals surface area (Å²) in [6, 6.07) is 1.44. The zero-order chi connectivity index (χ0) is 21.1. The predicted molar refractivity (Wildman–Crippen MR) is 128 cm³/mol. The molecule has 4 unspecified atom stereocenters. The highest BCUT2D eigenvalue weighted by molar-refractivity contribution is 4.90. The van der Waals surface area contributed by atoms with E-state index in [1.54, 1.807) is 0 Å². The van der Waals surface area contributed by atoms with Crippen LogP contribution in [-0.2, 0) is 0 Å². The molecule has 1 saturated carbocycles. The Morgan fingerprint density at radius 3 is 2.07 bits per heavy atom. The number of hydrogen-bond donors (Lipinski definition) is 0. The van der Waals surface area contributed by atoms with E-state index < -0.39 is 0 Å². The van der Waals surface area contributed by atoms with Crippen molar-refractivity contribution in [2.24, 2.45) is 23.7 Å². The molecule has 4 atom stereocenters. The van der Waals surface area contributed by atoms with Gasteiger partial charge in [-0.1, -0.05) is 12.8 Å². The monoisotopic (exact) mass is 418 g/mol. The van der Waals surface area contributed by atoms with Crippen LogP contribution < -0.4 is 0 Å². The molecule has 0 amide bonds. The third-order valence-electron chi connectivity index (χ3n) is 9.08. The van der Waals surface area contributed by atoms with Crippen LogP contribution in [0.4, 0.5) is 0 Å². The van der Waals surface area contributed by atoms with Gasteiger partial charge in [-0.15, -0.1) is 0 Å². The predicted octanol–water partition coefficient (Wildman–Crippen LogP) is 3.87. The maximum absolute atomic E-state index is 2.85. The molecule has 0 aromatic rings. The molecule has 0 N–H and O–H groups in total. The van der Waals surface area contributed by atoms with Crippen LogP contribution in [0.3, 0.4) is 0 Å². The standard InChI is InChI=1S/C26H50N4/c1-21(2)29-15-13-27(14-16-29)19-24-7-5-6-8-26(24)25-10-11-28(20-25)17-23-9-12-30(18-23)22(3)4/h21-26H,5-20H2,1-4H3. The van der Waals surface area contributed by atoms with Gasteiger partial charge in [-0.25, -0.2) is 0 Å². The van der Waals surface area contributed by atoms with Crippen LogP contribution >= 0.6 is 0 Å². The molecule has 4 rings (SSSR count). The van der Waals surface area contributed by atoms with Crippen LogP contribution in [0.15, 0.2) is 0 Å². The summed E-state index contributed by atoms with van der Waals surface area (Å²) in [5, 5.41) is 0. The van der Waals surface area contributed by atoms with E-state index in [1.807, 2.05) is 0 Å². The molecule has 0 radical (unpaired) electrons. The first kappa shape index (κ1) is 23.0. The van der Waals surface area contributed by atoms with Crippen LogP contribution in [0.5, 0.6) is 0 Å². The summed E-state index contributed by atoms with van der Waals surface area (Å²) in [6.45, 7) is 22.8. The second kappa shape index (κ2) is 10.6. The third kappa shape index (κ3) is 5.79. The second-order valence-electron chi connectivity index (χ2n) is 11.7. The molecule has 0 aromatic carbocycles. The molecule has 0 spiro atoms. The van der Waals surface area contributed by atoms with Gasteiger partial charge in [-0.2, -0.15) is 0 Å². The zero-order valence-electron chi connectivity index (χ0n) is 20.6. The third-order valence-corrected chi connectivity index (χ3v) is 9.08. The van der Waals surface area contributed by atoms with Crippen LogP contribution in [0, 0.1) is 23.7 Å². The molecule has 3 saturated heterocycles. The first-order valence-corrected chi connectivity index (χ1v) is 13.4. The van der Waals surface area contributed by atoms with Crippen molar-refractivity contribution in [1.82, 2.24) is 19.6 Å². The molecule has 0 aromatic heterocycles. The van der Waals surface area contributed by atoms with Crippen LogP contribution in [0.1, 0.15) is 66.2 Å². The first-order chi connectivity index (χ1) is 14.5. The fraction of sp³-hybridized carbons (Fsp3) is 1.00. The van der Waals surface area contributed by atoms with Gasteiger partial charge in [0.2, 0.25) is 0 Å². The number of likely N-dealkylation sites (tertiary alicyclic amines) is 2. The Hall–Kier alpha value is -0.160. The van der Waals surface area contributed by atoms with E-state index in [-0.39, 0.29) is 0 Å². The summed E-state index contributed by atoms with van der Waals surface area (Å²) < 4.78 is 0. The van der Waals surface area contributed by atoms with E-state index in [0.717, 1.165) is 29.7 Å². The van der Waals surface area contributed by atoms with Crippen molar-refractivity contribution in [2.75, 3.05) is 65.4 Å². The smallest absolute Gasteiger partial charge is 0.0113 e. The highest BCUT2D eigenvalue weighted by atomic mass is 15.3. The van der Waals surface area contributed by atoms with Crippen LogP contribution in [-0.4, -0.2) is 97.1 Å². The van der Waals surface area contributed by atoms with E-state index in [0.29, 0.717) is 6.04 Å². The molecule has 4 heteroatoms. The number of nitrogens with zero attached hydrogens (tertiary/aromatic N) is 4. The lowest BCUT2D eigenvalue weighted by molar-refractivity contribution is 0.0639. The average Bonchev–Trinajstić information content (AvgIpc) is 3.39. The van der Waals surface area contributed by atoms with Gasteiger partial charge in [-0.3, -0.25) is 4.90 Å². The van der Waals surface area contributed by atoms with Gasteiger partial charge in [0.05, 0.1) is 0 Å². The molecule has 4 aliphatic rings. The Bertz CT molecular complexity index is 513. The van der Waals surface area contributed by atoms with Crippen molar-refractivity contribution in [2.45, 2.75) is 78.3 Å². The topological polar surface area (TPSA) is 13.0 Å². The van der Waals surface area contributed by atoms with Crippen LogP contribution in [0.25, 0.3) is 0 Å². The van der Waals surface area contributed by atoms with Gasteiger partial charge in [0.25, 0.3) is 0 Å². The lowest BCUT2D eigenvalue weighted by Crippen LogP contribution is -2.50. The van der Waals surface area contributed by atoms with Gasteiger partial charge in [0.1, 0.15) is 0 Å². The van der Waals surface area contributed by atoms with Gasteiger partial charge in [0.15, 0.2) is 0 Å². The fourth-order valence-electron chi connectivity index (χ4n) is 7.10. The van der Waals surface area contributed by atoms with Gasteiger partial charge in [0, 0.05) is 64.4 Å². The normalized spacial score (nSPS) is 35.8. The molecule has 4 fully saturated rings. The molecule has 1 aliphatic carbocycles. The van der Waals surface area contributed by atoms with E-state index in [9.17, 15) is 0 Å². The minimum atomic E-state index is 0.714. The maximum Gasteiger partial charge on any atom is 0.0113 e. The Kier molecular flexibility index (Phi) is 8.16. The molecule has 174 valence electrons. The molecule has 3 heterocycles. The minimum Gasteiger partial charge on any atom is -0.303 e. The van der Waals surface area contributed by atoms with E-state index in [1.165, 1.54) is 104 Å². The number of hydrogen-bond acceptors (Lipinski definition) is 4. The Morgan fingerprint density at radius 1 is 0.633 bits per heavy atom. The number of rotatable bonds is 7. The van der Waals surface area contributed by atoms with E-state index in [4.69, 9.17) is 0 Å². The van der Waals surface area contributed by atoms with Crippen molar-refractivity contribution in [3.63, 3.8) is 0 Å². The number of piperazine rings is 1. The second-order valence-corrected chi connectivity index (χ2v) is 11.7. The Balaban J connectivity index is 1.24. The zero-order valence-corrected chi connectivity index (χ0v) is 20.6. The van der Waals surface area contributed by atoms with Crippen LogP contribution in [0.2, 0.25) is 0 Å². The molecule has 0 bridgehead atoms. The SMILES string of the molecule is CC(C)N1CCN(CC2CCCCC2C2CCN(CC3CCN(C(C)C)C3)C2)CC1. The van der Waals surface area contributed by atoms with Crippen molar-refractivity contribution in [1.29, 1.82) is 0 Å².